The van der Waals surface area contributed by atoms with E-state index in [1.807, 2.05) is 0 Å². The van der Waals surface area contributed by atoms with Gasteiger partial charge in [-0.05, 0) is 0 Å². The Morgan fingerprint density at radius 2 is 0.473 bits per heavy atom. The first-order valence-electron chi connectivity index (χ1n) is 13.2. The Morgan fingerprint density at radius 3 is 0.836 bits per heavy atom. The summed E-state index contributed by atoms with van der Waals surface area (Å²) in [5.41, 5.74) is 0. The monoisotopic (exact) mass is 1090 g/mol. The SMILES string of the molecule is O[SiH]1O[Si]2(O)O[Si]3(O)O[Si](O)(O)O[Si]4(O)O[Si](O)(O1)O[Si](O[Si]15O[SiH](O)O[Si]6(O)O[Si]7(O)O[Si](O)(O)O[Si](O)(O[Si](O)(O7)O[Si](O)(O6)O1)O5)(O2)O[Si](O)(O3)O4. The Labute approximate surface area is 316 Å². The van der Waals surface area contributed by atoms with E-state index in [1.54, 1.807) is 0 Å². The van der Waals surface area contributed by atoms with E-state index in [2.05, 4.69) is 16.5 Å². The molecule has 0 spiro atoms. The first-order chi connectivity index (χ1) is 24.6. The van der Waals surface area contributed by atoms with Gasteiger partial charge in [0.15, 0.2) is 0 Å². The quantitative estimate of drug-likeness (QED) is 0.114. The molecule has 8 aliphatic rings. The van der Waals surface area contributed by atoms with Gasteiger partial charge in [0.2, 0.25) is 0 Å². The van der Waals surface area contributed by atoms with Crippen molar-refractivity contribution in [1.29, 1.82) is 0 Å². The summed E-state index contributed by atoms with van der Waals surface area (Å²) in [6, 6.07) is 0. The molecule has 55 heteroatoms. The zero-order valence-electron chi connectivity index (χ0n) is 24.7. The second-order valence-corrected chi connectivity index (χ2v) is 45.5. The van der Waals surface area contributed by atoms with Gasteiger partial charge in [0.1, 0.15) is 0 Å². The number of hydrogen-bond acceptors (Lipinski definition) is 39. The van der Waals surface area contributed by atoms with Gasteiger partial charge in [-0.25, -0.2) is 0 Å². The number of rotatable bonds is 2. The van der Waals surface area contributed by atoms with Gasteiger partial charge in [0, 0.05) is 0 Å². The minimum atomic E-state index is -6.80. The Hall–Kier alpha value is 1.91. The van der Waals surface area contributed by atoms with Crippen LogP contribution in [0.1, 0.15) is 0 Å². The van der Waals surface area contributed by atoms with E-state index in [1.165, 1.54) is 0 Å². The molecule has 8 aliphatic heterocycles. The molecule has 11 atom stereocenters. The van der Waals surface area contributed by atoms with Crippen molar-refractivity contribution in [1.82, 2.24) is 0 Å². The van der Waals surface area contributed by atoms with Crippen LogP contribution in [0, 0.1) is 0 Å². The van der Waals surface area contributed by atoms with Gasteiger partial charge in [-0.1, -0.05) is 0 Å². The largest absolute Gasteiger partial charge is 0.662 e. The second-order valence-electron chi connectivity index (χ2n) is 10.4. The average molecular weight is 1090 g/mol. The van der Waals surface area contributed by atoms with E-state index in [-0.39, 0.29) is 0 Å². The van der Waals surface area contributed by atoms with Gasteiger partial charge in [-0.2, -0.15) is 0 Å². The molecule has 8 fully saturated rings. The molecule has 0 aromatic rings. The molecule has 0 aromatic carbocycles. The predicted octanol–water partition coefficient (Wildman–Crippen LogP) is -17.1. The van der Waals surface area contributed by atoms with Crippen molar-refractivity contribution >= 4 is 146 Å². The van der Waals surface area contributed by atoms with Gasteiger partial charge in [-0.3, -0.25) is 0 Å². The molecule has 0 aromatic heterocycles. The van der Waals surface area contributed by atoms with Crippen LogP contribution < -0.4 is 0 Å². The molecule has 8 saturated heterocycles. The van der Waals surface area contributed by atoms with E-state index in [0.29, 0.717) is 0 Å². The third-order valence-corrected chi connectivity index (χ3v) is 53.0. The Balaban J connectivity index is 1.32. The standard InChI is InChI=1S/H18O39Si16/c1-40-17-45(8)27-48(11)21-42(3,4)22-49(12)28-46(9,18-40)35-55(34-45,38-53(16,30-48)31-49)39-54-20-41(2)19-44(7)25-47(10)23-43(5,6)24-50(13,36-54)32-51(14,29-47)33-52(15,26-44)37-54/h1-16,40-41H. The molecule has 316 valence electrons. The molecule has 0 saturated carbocycles. The highest BCUT2D eigenvalue weighted by molar-refractivity contribution is 6.97. The normalized spacial score (nSPS) is 60.0. The van der Waals surface area contributed by atoms with Gasteiger partial charge in [-0.15, -0.1) is 0 Å². The van der Waals surface area contributed by atoms with Gasteiger partial charge < -0.3 is 171 Å². The Bertz CT molecular complexity index is 1520. The zero-order chi connectivity index (χ0) is 40.4. The lowest BCUT2D eigenvalue weighted by Gasteiger charge is -2.52. The first kappa shape index (κ1) is 43.6. The van der Waals surface area contributed by atoms with Crippen LogP contribution in [0.4, 0.5) is 0 Å². The topological polar surface area (TPSA) is 536 Å². The van der Waals surface area contributed by atoms with Crippen LogP contribution in [-0.2, 0) is 94.6 Å². The minimum absolute atomic E-state index is 4.49. The van der Waals surface area contributed by atoms with Crippen molar-refractivity contribution in [3.05, 3.63) is 0 Å². The van der Waals surface area contributed by atoms with Crippen molar-refractivity contribution in [2.24, 2.45) is 0 Å². The van der Waals surface area contributed by atoms with Gasteiger partial charge in [0.05, 0.1) is 0 Å². The molecule has 39 nitrogen and oxygen atoms in total. The molecule has 0 radical (unpaired) electrons. The summed E-state index contributed by atoms with van der Waals surface area (Å²) in [5.74, 6) is 0. The maximum atomic E-state index is 11.5. The van der Waals surface area contributed by atoms with Crippen LogP contribution in [0.15, 0.2) is 0 Å². The van der Waals surface area contributed by atoms with Crippen molar-refractivity contribution < 1.29 is 171 Å². The fourth-order valence-corrected chi connectivity index (χ4v) is 59.1. The highest BCUT2D eigenvalue weighted by atomic mass is 28.7. The highest BCUT2D eigenvalue weighted by Crippen LogP contribution is 2.45. The summed E-state index contributed by atoms with van der Waals surface area (Å²) in [5, 5.41) is 0. The summed E-state index contributed by atoms with van der Waals surface area (Å²) in [7, 11) is -99.3. The van der Waals surface area contributed by atoms with E-state index in [4.69, 9.17) is 78.2 Å². The molecule has 12 bridgehead atoms. The summed E-state index contributed by atoms with van der Waals surface area (Å²) >= 11 is 0. The van der Waals surface area contributed by atoms with Crippen LogP contribution in [0.5, 0.6) is 0 Å². The van der Waals surface area contributed by atoms with Crippen molar-refractivity contribution in [2.45, 2.75) is 0 Å². The summed E-state index contributed by atoms with van der Waals surface area (Å²) < 4.78 is 112. The fraction of sp³-hybridized carbons (Fsp3) is 0. The zero-order valence-corrected chi connectivity index (χ0v) is 41.0. The van der Waals surface area contributed by atoms with Gasteiger partial charge in [0.25, 0.3) is 0 Å². The van der Waals surface area contributed by atoms with Gasteiger partial charge >= 0.3 is 146 Å². The van der Waals surface area contributed by atoms with E-state index in [0.717, 1.165) is 0 Å². The Morgan fingerprint density at radius 1 is 0.255 bits per heavy atom. The lowest BCUT2D eigenvalue weighted by Crippen LogP contribution is -2.88. The molecule has 0 amide bonds. The third-order valence-electron chi connectivity index (χ3n) is 5.88. The third kappa shape index (κ3) is 8.80. The van der Waals surface area contributed by atoms with Crippen LogP contribution in [-0.4, -0.2) is 222 Å². The summed E-state index contributed by atoms with van der Waals surface area (Å²) in [6.45, 7) is 0. The second kappa shape index (κ2) is 12.8. The van der Waals surface area contributed by atoms with Crippen LogP contribution in [0.3, 0.4) is 0 Å². The van der Waals surface area contributed by atoms with E-state index < -0.39 is 146 Å². The van der Waals surface area contributed by atoms with E-state index in [9.17, 15) is 76.7 Å². The predicted molar refractivity (Wildman–Crippen MR) is 155 cm³/mol. The lowest BCUT2D eigenvalue weighted by atomic mass is 15.5. The molecular weight excluding hydrogens is 1070 g/mol. The molecule has 16 N–H and O–H groups in total. The maximum absolute atomic E-state index is 11.5. The molecule has 8 heterocycles. The maximum Gasteiger partial charge on any atom is 0.662 e. The molecule has 11 unspecified atom stereocenters. The van der Waals surface area contributed by atoms with Crippen LogP contribution in [0.2, 0.25) is 0 Å². The average Bonchev–Trinajstić information content (AvgIpc) is 2.76. The number of hydrogen-bond donors (Lipinski definition) is 16. The highest BCUT2D eigenvalue weighted by Gasteiger charge is 2.88. The van der Waals surface area contributed by atoms with Crippen LogP contribution >= 0.6 is 0 Å². The molecule has 8 rings (SSSR count). The molecular formula is H18O39Si16. The summed E-state index contributed by atoms with van der Waals surface area (Å²) in [6.07, 6.45) is 0. The van der Waals surface area contributed by atoms with E-state index >= 15 is 0 Å². The Kier molecular flexibility index (Phi) is 10.1. The summed E-state index contributed by atoms with van der Waals surface area (Å²) in [4.78, 5) is 175. The molecule has 0 aliphatic carbocycles. The van der Waals surface area contributed by atoms with Crippen molar-refractivity contribution in [3.63, 3.8) is 0 Å². The van der Waals surface area contributed by atoms with Crippen molar-refractivity contribution in [2.75, 3.05) is 0 Å². The first-order valence-corrected chi connectivity index (χ1v) is 39.5. The fourth-order valence-electron chi connectivity index (χ4n) is 4.58. The van der Waals surface area contributed by atoms with Crippen LogP contribution in [0.25, 0.3) is 0 Å². The molecule has 55 heavy (non-hydrogen) atoms. The lowest BCUT2D eigenvalue weighted by molar-refractivity contribution is -0.120. The minimum Gasteiger partial charge on any atom is -0.393 e. The van der Waals surface area contributed by atoms with Crippen molar-refractivity contribution in [3.8, 4) is 0 Å². The number of fused-ring (bicyclic) bond motifs is 8. The smallest absolute Gasteiger partial charge is 0.393 e.